The van der Waals surface area contributed by atoms with Crippen molar-refractivity contribution in [1.29, 1.82) is 0 Å². The van der Waals surface area contributed by atoms with Crippen molar-refractivity contribution in [2.24, 2.45) is 5.92 Å². The van der Waals surface area contributed by atoms with Crippen LogP contribution in [0.3, 0.4) is 0 Å². The second kappa shape index (κ2) is 6.94. The number of aliphatic hydroxyl groups is 1. The topological polar surface area (TPSA) is 32.3 Å². The Labute approximate surface area is 138 Å². The number of rotatable bonds is 3. The zero-order valence-corrected chi connectivity index (χ0v) is 13.3. The first-order valence-corrected chi connectivity index (χ1v) is 6.87. The minimum absolute atomic E-state index is 0. The van der Waals surface area contributed by atoms with Gasteiger partial charge in [-0.2, -0.15) is 13.2 Å². The van der Waals surface area contributed by atoms with Gasteiger partial charge in [-0.15, -0.1) is 12.4 Å². The molecule has 1 aliphatic carbocycles. The molecule has 0 saturated carbocycles. The van der Waals surface area contributed by atoms with Crippen LogP contribution in [0.25, 0.3) is 0 Å². The van der Waals surface area contributed by atoms with Gasteiger partial charge < -0.3 is 10.4 Å². The van der Waals surface area contributed by atoms with Gasteiger partial charge in [0, 0.05) is 16.6 Å². The lowest BCUT2D eigenvalue weighted by Crippen LogP contribution is -2.44. The highest BCUT2D eigenvalue weighted by atomic mass is 35.5. The largest absolute Gasteiger partial charge is 0.416 e. The molecule has 0 aromatic heterocycles. The van der Waals surface area contributed by atoms with Crippen molar-refractivity contribution in [2.45, 2.75) is 25.2 Å². The van der Waals surface area contributed by atoms with Crippen molar-refractivity contribution in [1.82, 2.24) is 0 Å². The number of hydrogen-bond acceptors (Lipinski definition) is 2. The fourth-order valence-corrected chi connectivity index (χ4v) is 2.49. The zero-order valence-electron chi connectivity index (χ0n) is 11.7. The predicted molar refractivity (Wildman–Crippen MR) is 84.1 cm³/mol. The summed E-state index contributed by atoms with van der Waals surface area (Å²) in [6.45, 7) is 1.86. The van der Waals surface area contributed by atoms with E-state index in [1.165, 1.54) is 24.3 Å². The van der Waals surface area contributed by atoms with E-state index in [1.807, 2.05) is 6.92 Å². The van der Waals surface area contributed by atoms with Crippen molar-refractivity contribution >= 4 is 29.7 Å². The Bertz CT molecular complexity index is 586. The molecule has 0 bridgehead atoms. The first kappa shape index (κ1) is 18.9. The Morgan fingerprint density at radius 2 is 2.05 bits per heavy atom. The number of allylic oxidation sites excluding steroid dienone is 2. The molecule has 0 saturated heterocycles. The number of nitrogens with one attached hydrogen (secondary N) is 1. The van der Waals surface area contributed by atoms with Gasteiger partial charge in [0.05, 0.1) is 5.56 Å². The maximum absolute atomic E-state index is 12.7. The Kier molecular flexibility index (Phi) is 5.96. The van der Waals surface area contributed by atoms with Crippen LogP contribution in [0.1, 0.15) is 18.9 Å². The van der Waals surface area contributed by atoms with Gasteiger partial charge in [0.2, 0.25) is 0 Å². The van der Waals surface area contributed by atoms with Crippen molar-refractivity contribution in [2.75, 3.05) is 5.32 Å². The molecule has 2 atom stereocenters. The molecule has 2 nitrogen and oxygen atoms in total. The van der Waals surface area contributed by atoms with Crippen LogP contribution < -0.4 is 5.32 Å². The summed E-state index contributed by atoms with van der Waals surface area (Å²) in [7, 11) is 0. The van der Waals surface area contributed by atoms with Gasteiger partial charge in [0.1, 0.15) is 0 Å². The van der Waals surface area contributed by atoms with E-state index in [0.29, 0.717) is 11.5 Å². The quantitative estimate of drug-likeness (QED) is 0.753. The van der Waals surface area contributed by atoms with E-state index >= 15 is 0 Å². The SMILES string of the molecule is CCC1C=C(Cl)C=CC1(O)Nc1cccc(C(F)(F)F)c1.Cl. The van der Waals surface area contributed by atoms with E-state index in [0.717, 1.165) is 12.1 Å². The lowest BCUT2D eigenvalue weighted by molar-refractivity contribution is -0.137. The van der Waals surface area contributed by atoms with E-state index < -0.39 is 17.5 Å². The summed E-state index contributed by atoms with van der Waals surface area (Å²) in [6.07, 6.45) is 0.833. The molecule has 2 unspecified atom stereocenters. The monoisotopic (exact) mass is 353 g/mol. The normalized spacial score (nSPS) is 24.5. The third kappa shape index (κ3) is 4.18. The van der Waals surface area contributed by atoms with E-state index in [1.54, 1.807) is 6.08 Å². The summed E-state index contributed by atoms with van der Waals surface area (Å²) < 4.78 is 38.1. The number of hydrogen-bond donors (Lipinski definition) is 2. The van der Waals surface area contributed by atoms with Crippen LogP contribution in [0.5, 0.6) is 0 Å². The van der Waals surface area contributed by atoms with Gasteiger partial charge in [0.25, 0.3) is 0 Å². The van der Waals surface area contributed by atoms with Crippen molar-refractivity contribution in [3.8, 4) is 0 Å². The summed E-state index contributed by atoms with van der Waals surface area (Å²) in [5.41, 5.74) is -2.03. The summed E-state index contributed by atoms with van der Waals surface area (Å²) >= 11 is 5.89. The fraction of sp³-hybridized carbons (Fsp3) is 0.333. The molecule has 22 heavy (non-hydrogen) atoms. The molecule has 1 aromatic carbocycles. The van der Waals surface area contributed by atoms with Gasteiger partial charge in [-0.1, -0.05) is 30.7 Å². The molecule has 2 N–H and O–H groups in total. The van der Waals surface area contributed by atoms with Crippen LogP contribution in [-0.2, 0) is 6.18 Å². The van der Waals surface area contributed by atoms with Crippen LogP contribution in [0.4, 0.5) is 18.9 Å². The minimum Gasteiger partial charge on any atom is -0.367 e. The van der Waals surface area contributed by atoms with Crippen molar-refractivity contribution < 1.29 is 18.3 Å². The van der Waals surface area contributed by atoms with Gasteiger partial charge in [-0.3, -0.25) is 0 Å². The predicted octanol–water partition coefficient (Wildman–Crippen LogP) is 4.95. The van der Waals surface area contributed by atoms with Crippen LogP contribution in [0.15, 0.2) is 47.5 Å². The van der Waals surface area contributed by atoms with E-state index in [2.05, 4.69) is 5.32 Å². The maximum Gasteiger partial charge on any atom is 0.416 e. The molecular formula is C15H16Cl2F3NO. The lowest BCUT2D eigenvalue weighted by atomic mass is 9.88. The summed E-state index contributed by atoms with van der Waals surface area (Å²) in [5.74, 6) is -0.329. The van der Waals surface area contributed by atoms with Crippen LogP contribution in [-0.4, -0.2) is 10.8 Å². The molecule has 0 radical (unpaired) electrons. The molecule has 1 aliphatic rings. The van der Waals surface area contributed by atoms with Crippen LogP contribution in [0, 0.1) is 5.92 Å². The molecule has 0 spiro atoms. The van der Waals surface area contributed by atoms with Crippen LogP contribution in [0.2, 0.25) is 0 Å². The second-order valence-electron chi connectivity index (χ2n) is 4.93. The summed E-state index contributed by atoms with van der Waals surface area (Å²) in [4.78, 5) is 0. The van der Waals surface area contributed by atoms with Gasteiger partial charge in [-0.25, -0.2) is 0 Å². The van der Waals surface area contributed by atoms with E-state index in [9.17, 15) is 18.3 Å². The first-order valence-electron chi connectivity index (χ1n) is 6.49. The number of benzene rings is 1. The molecule has 0 heterocycles. The zero-order chi connectivity index (χ0) is 15.7. The average Bonchev–Trinajstić information content (AvgIpc) is 2.41. The highest BCUT2D eigenvalue weighted by Gasteiger charge is 2.35. The van der Waals surface area contributed by atoms with Gasteiger partial charge >= 0.3 is 6.18 Å². The van der Waals surface area contributed by atoms with Crippen molar-refractivity contribution in [3.05, 3.63) is 53.1 Å². The standard InChI is InChI=1S/C15H15ClF3NO.ClH/c1-2-10-8-12(16)6-7-14(10,21)20-13-5-3-4-11(9-13)15(17,18)19;/h3-10,20-21H,2H2,1H3;1H. The highest BCUT2D eigenvalue weighted by molar-refractivity contribution is 6.31. The first-order chi connectivity index (χ1) is 9.74. The molecule has 0 fully saturated rings. The van der Waals surface area contributed by atoms with Gasteiger partial charge in [-0.05, 0) is 36.8 Å². The third-order valence-corrected chi connectivity index (χ3v) is 3.65. The summed E-state index contributed by atoms with van der Waals surface area (Å²) in [6, 6.07) is 4.73. The van der Waals surface area contributed by atoms with Crippen LogP contribution >= 0.6 is 24.0 Å². The molecule has 2 rings (SSSR count). The maximum atomic E-state index is 12.7. The Morgan fingerprint density at radius 1 is 1.36 bits per heavy atom. The molecule has 0 aliphatic heterocycles. The fourth-order valence-electron chi connectivity index (χ4n) is 2.27. The molecule has 7 heteroatoms. The van der Waals surface area contributed by atoms with Gasteiger partial charge in [0.15, 0.2) is 5.72 Å². The summed E-state index contributed by atoms with van der Waals surface area (Å²) in [5, 5.41) is 13.9. The highest BCUT2D eigenvalue weighted by Crippen LogP contribution is 2.34. The number of anilines is 1. The third-order valence-electron chi connectivity index (χ3n) is 3.40. The molecular weight excluding hydrogens is 338 g/mol. The Balaban J connectivity index is 0.00000242. The Morgan fingerprint density at radius 3 is 2.64 bits per heavy atom. The Hall–Kier alpha value is -1.17. The average molecular weight is 354 g/mol. The second-order valence-corrected chi connectivity index (χ2v) is 5.36. The van der Waals surface area contributed by atoms with E-state index in [4.69, 9.17) is 11.6 Å². The number of halogens is 5. The van der Waals surface area contributed by atoms with E-state index in [-0.39, 0.29) is 24.0 Å². The number of alkyl halides is 3. The molecule has 122 valence electrons. The lowest BCUT2D eigenvalue weighted by Gasteiger charge is -2.35. The molecule has 1 aromatic rings. The molecule has 0 amide bonds. The minimum atomic E-state index is -4.42. The smallest absolute Gasteiger partial charge is 0.367 e. The van der Waals surface area contributed by atoms with Crippen molar-refractivity contribution in [3.63, 3.8) is 0 Å².